The zero-order valence-corrected chi connectivity index (χ0v) is 14.0. The monoisotopic (exact) mass is 338 g/mol. The highest BCUT2D eigenvalue weighted by Crippen LogP contribution is 2.27. The molecule has 0 fully saturated rings. The molecule has 0 aliphatic rings. The molecule has 128 valence electrons. The number of rotatable bonds is 5. The summed E-state index contributed by atoms with van der Waals surface area (Å²) in [5, 5.41) is 10.8. The predicted octanol–water partition coefficient (Wildman–Crippen LogP) is 3.76. The molecule has 0 atom stereocenters. The lowest BCUT2D eigenvalue weighted by molar-refractivity contribution is 0.103. The summed E-state index contributed by atoms with van der Waals surface area (Å²) < 4.78 is 10.6. The normalized spacial score (nSPS) is 11.0. The Morgan fingerprint density at radius 3 is 2.64 bits per heavy atom. The Balaban J connectivity index is 1.90. The minimum Gasteiger partial charge on any atom is -0.507 e. The molecular weight excluding hydrogens is 320 g/mol. The van der Waals surface area contributed by atoms with E-state index in [0.717, 1.165) is 0 Å². The lowest BCUT2D eigenvalue weighted by atomic mass is 10.0. The van der Waals surface area contributed by atoms with Crippen LogP contribution in [0.3, 0.4) is 0 Å². The number of ketones is 1. The van der Waals surface area contributed by atoms with Gasteiger partial charge in [0.2, 0.25) is 0 Å². The van der Waals surface area contributed by atoms with Crippen molar-refractivity contribution in [3.63, 3.8) is 0 Å². The molecule has 0 radical (unpaired) electrons. The third kappa shape index (κ3) is 3.71. The van der Waals surface area contributed by atoms with E-state index in [4.69, 9.17) is 9.15 Å². The molecule has 0 amide bonds. The van der Waals surface area contributed by atoms with Crippen LogP contribution in [-0.2, 0) is 0 Å². The lowest BCUT2D eigenvalue weighted by Crippen LogP contribution is -2.06. The van der Waals surface area contributed by atoms with Crippen LogP contribution >= 0.6 is 0 Å². The number of aromatic hydroxyl groups is 1. The van der Waals surface area contributed by atoms with Gasteiger partial charge in [0.25, 0.3) is 0 Å². The highest BCUT2D eigenvalue weighted by Gasteiger charge is 2.15. The summed E-state index contributed by atoms with van der Waals surface area (Å²) in [4.78, 5) is 23.9. The van der Waals surface area contributed by atoms with Crippen LogP contribution in [-0.4, -0.2) is 17.5 Å². The standard InChI is InChI=1S/C20H18O5/c1-12(2)11-24-15-5-6-16(17(21)10-15)20(23)14-3-7-18-13(9-14)4-8-19(22)25-18/h3-10,12,21H,11H2,1-2H3. The Morgan fingerprint density at radius 2 is 1.92 bits per heavy atom. The summed E-state index contributed by atoms with van der Waals surface area (Å²) in [6.07, 6.45) is 0. The van der Waals surface area contributed by atoms with Gasteiger partial charge in [-0.1, -0.05) is 13.8 Å². The van der Waals surface area contributed by atoms with Gasteiger partial charge in [0.05, 0.1) is 12.2 Å². The van der Waals surface area contributed by atoms with Gasteiger partial charge in [0.15, 0.2) is 5.78 Å². The average molecular weight is 338 g/mol. The summed E-state index contributed by atoms with van der Waals surface area (Å²) >= 11 is 0. The van der Waals surface area contributed by atoms with Crippen molar-refractivity contribution in [3.05, 3.63) is 70.1 Å². The zero-order chi connectivity index (χ0) is 18.0. The number of hydrogen-bond acceptors (Lipinski definition) is 5. The second-order valence-corrected chi connectivity index (χ2v) is 6.22. The highest BCUT2D eigenvalue weighted by molar-refractivity contribution is 6.12. The summed E-state index contributed by atoms with van der Waals surface area (Å²) in [6, 6.07) is 12.3. The molecule has 0 unspecified atom stereocenters. The average Bonchev–Trinajstić information content (AvgIpc) is 2.59. The van der Waals surface area contributed by atoms with Gasteiger partial charge in [-0.15, -0.1) is 0 Å². The molecule has 5 heteroatoms. The zero-order valence-electron chi connectivity index (χ0n) is 14.0. The number of ether oxygens (including phenoxy) is 1. The number of benzene rings is 2. The number of fused-ring (bicyclic) bond motifs is 1. The number of carbonyl (C=O) groups is 1. The van der Waals surface area contributed by atoms with Crippen LogP contribution in [0.15, 0.2) is 57.7 Å². The van der Waals surface area contributed by atoms with Crippen molar-refractivity contribution in [1.82, 2.24) is 0 Å². The molecule has 0 saturated carbocycles. The van der Waals surface area contributed by atoms with Crippen LogP contribution in [0.1, 0.15) is 29.8 Å². The van der Waals surface area contributed by atoms with E-state index in [-0.39, 0.29) is 17.1 Å². The lowest BCUT2D eigenvalue weighted by Gasteiger charge is -2.10. The maximum Gasteiger partial charge on any atom is 0.336 e. The third-order valence-corrected chi connectivity index (χ3v) is 3.68. The third-order valence-electron chi connectivity index (χ3n) is 3.68. The minimum absolute atomic E-state index is 0.133. The maximum absolute atomic E-state index is 12.7. The Morgan fingerprint density at radius 1 is 1.12 bits per heavy atom. The van der Waals surface area contributed by atoms with E-state index in [1.807, 2.05) is 13.8 Å². The van der Waals surface area contributed by atoms with Crippen molar-refractivity contribution >= 4 is 16.8 Å². The van der Waals surface area contributed by atoms with Crippen LogP contribution < -0.4 is 10.4 Å². The van der Waals surface area contributed by atoms with E-state index in [1.165, 1.54) is 12.1 Å². The van der Waals surface area contributed by atoms with Crippen LogP contribution in [0.25, 0.3) is 11.0 Å². The molecule has 1 aromatic heterocycles. The number of phenols is 1. The van der Waals surface area contributed by atoms with Crippen LogP contribution in [0.5, 0.6) is 11.5 Å². The molecule has 0 aliphatic heterocycles. The second-order valence-electron chi connectivity index (χ2n) is 6.22. The van der Waals surface area contributed by atoms with E-state index in [2.05, 4.69) is 0 Å². The van der Waals surface area contributed by atoms with Gasteiger partial charge in [-0.05, 0) is 42.3 Å². The van der Waals surface area contributed by atoms with E-state index >= 15 is 0 Å². The Bertz CT molecular complexity index is 985. The van der Waals surface area contributed by atoms with Gasteiger partial charge < -0.3 is 14.3 Å². The Labute approximate surface area is 144 Å². The maximum atomic E-state index is 12.7. The molecule has 2 aromatic carbocycles. The first-order valence-electron chi connectivity index (χ1n) is 7.98. The Hall–Kier alpha value is -3.08. The fourth-order valence-electron chi connectivity index (χ4n) is 2.42. The van der Waals surface area contributed by atoms with Crippen LogP contribution in [0, 0.1) is 5.92 Å². The molecular formula is C20H18O5. The molecule has 25 heavy (non-hydrogen) atoms. The SMILES string of the molecule is CC(C)COc1ccc(C(=O)c2ccc3oc(=O)ccc3c2)c(O)c1. The second kappa shape index (κ2) is 6.81. The molecule has 3 rings (SSSR count). The van der Waals surface area contributed by atoms with E-state index < -0.39 is 5.63 Å². The summed E-state index contributed by atoms with van der Waals surface area (Å²) in [6.45, 7) is 4.59. The highest BCUT2D eigenvalue weighted by atomic mass is 16.5. The predicted molar refractivity (Wildman–Crippen MR) is 94.4 cm³/mol. The number of hydrogen-bond donors (Lipinski definition) is 1. The van der Waals surface area contributed by atoms with Crippen molar-refractivity contribution in [3.8, 4) is 11.5 Å². The van der Waals surface area contributed by atoms with Gasteiger partial charge in [0.1, 0.15) is 17.1 Å². The molecule has 0 saturated heterocycles. The van der Waals surface area contributed by atoms with Crippen molar-refractivity contribution in [1.29, 1.82) is 0 Å². The van der Waals surface area contributed by atoms with Gasteiger partial charge in [0, 0.05) is 23.1 Å². The van der Waals surface area contributed by atoms with Gasteiger partial charge in [-0.2, -0.15) is 0 Å². The van der Waals surface area contributed by atoms with E-state index in [0.29, 0.717) is 34.8 Å². The van der Waals surface area contributed by atoms with Crippen LogP contribution in [0.4, 0.5) is 0 Å². The van der Waals surface area contributed by atoms with Crippen molar-refractivity contribution in [2.24, 2.45) is 5.92 Å². The first kappa shape index (κ1) is 16.8. The molecule has 0 bridgehead atoms. The number of carbonyl (C=O) groups excluding carboxylic acids is 1. The van der Waals surface area contributed by atoms with E-state index in [9.17, 15) is 14.7 Å². The largest absolute Gasteiger partial charge is 0.507 e. The molecule has 1 N–H and O–H groups in total. The number of phenolic OH excluding ortho intramolecular Hbond substituents is 1. The minimum atomic E-state index is -0.443. The van der Waals surface area contributed by atoms with Gasteiger partial charge in [-0.3, -0.25) is 4.79 Å². The first-order valence-corrected chi connectivity index (χ1v) is 7.98. The summed E-state index contributed by atoms with van der Waals surface area (Å²) in [5.74, 6) is 0.427. The fourth-order valence-corrected chi connectivity index (χ4v) is 2.42. The van der Waals surface area contributed by atoms with E-state index in [1.54, 1.807) is 36.4 Å². The van der Waals surface area contributed by atoms with Crippen molar-refractivity contribution in [2.75, 3.05) is 6.61 Å². The van der Waals surface area contributed by atoms with Crippen molar-refractivity contribution < 1.29 is 19.1 Å². The fraction of sp³-hybridized carbons (Fsp3) is 0.200. The quantitative estimate of drug-likeness (QED) is 0.566. The first-order chi connectivity index (χ1) is 11.9. The molecule has 1 heterocycles. The van der Waals surface area contributed by atoms with Crippen molar-refractivity contribution in [2.45, 2.75) is 13.8 Å². The molecule has 0 spiro atoms. The van der Waals surface area contributed by atoms with Crippen LogP contribution in [0.2, 0.25) is 0 Å². The van der Waals surface area contributed by atoms with Gasteiger partial charge in [-0.25, -0.2) is 4.79 Å². The smallest absolute Gasteiger partial charge is 0.336 e. The Kier molecular flexibility index (Phi) is 4.57. The molecule has 5 nitrogen and oxygen atoms in total. The summed E-state index contributed by atoms with van der Waals surface area (Å²) in [5.41, 5.74) is 0.549. The summed E-state index contributed by atoms with van der Waals surface area (Å²) in [7, 11) is 0. The van der Waals surface area contributed by atoms with Gasteiger partial charge >= 0.3 is 5.63 Å². The molecule has 3 aromatic rings. The molecule has 0 aliphatic carbocycles. The topological polar surface area (TPSA) is 76.7 Å².